The number of benzene rings is 5. The van der Waals surface area contributed by atoms with E-state index in [1.807, 2.05) is 0 Å². The molecule has 0 bridgehead atoms. The quantitative estimate of drug-likeness (QED) is 0.228. The van der Waals surface area contributed by atoms with Crippen LogP contribution in [0.2, 0.25) is 0 Å². The van der Waals surface area contributed by atoms with Crippen LogP contribution < -0.4 is 4.90 Å². The Labute approximate surface area is 205 Å². The maximum atomic E-state index is 2.60. The molecule has 164 valence electrons. The van der Waals surface area contributed by atoms with Gasteiger partial charge < -0.3 is 4.90 Å². The van der Waals surface area contributed by atoms with Gasteiger partial charge in [0.2, 0.25) is 0 Å². The lowest BCUT2D eigenvalue weighted by Gasteiger charge is -2.41. The molecule has 0 N–H and O–H groups in total. The predicted molar refractivity (Wildman–Crippen MR) is 143 cm³/mol. The Hall–Kier alpha value is -4.10. The molecule has 2 heterocycles. The molecule has 0 unspecified atom stereocenters. The van der Waals surface area contributed by atoms with Crippen molar-refractivity contribution in [1.82, 2.24) is 0 Å². The van der Waals surface area contributed by atoms with Crippen LogP contribution in [0.3, 0.4) is 0 Å². The van der Waals surface area contributed by atoms with Crippen molar-refractivity contribution in [3.63, 3.8) is 0 Å². The lowest BCUT2D eigenvalue weighted by Crippen LogP contribution is -2.26. The molecule has 0 saturated heterocycles. The summed E-state index contributed by atoms with van der Waals surface area (Å²) in [4.78, 5) is 2.60. The third-order valence-corrected chi connectivity index (χ3v) is 8.74. The van der Waals surface area contributed by atoms with Crippen molar-refractivity contribution in [2.45, 2.75) is 25.7 Å². The number of anilines is 3. The van der Waals surface area contributed by atoms with Crippen molar-refractivity contribution in [2.24, 2.45) is 0 Å². The minimum absolute atomic E-state index is 1.01. The normalized spacial score (nSPS) is 14.9. The smallest absolute Gasteiger partial charge is 0.0539 e. The molecule has 0 aromatic heterocycles. The van der Waals surface area contributed by atoms with Crippen LogP contribution in [0.5, 0.6) is 0 Å². The molecule has 5 aromatic rings. The van der Waals surface area contributed by atoms with Crippen LogP contribution in [-0.2, 0) is 25.7 Å². The molecule has 0 spiro atoms. The summed E-state index contributed by atoms with van der Waals surface area (Å²) in [5.41, 5.74) is 21.9. The average Bonchev–Trinajstić information content (AvgIpc) is 3.47. The molecular weight excluding hydrogens is 422 g/mol. The number of para-hydroxylation sites is 1. The van der Waals surface area contributed by atoms with E-state index in [2.05, 4.69) is 95.9 Å². The van der Waals surface area contributed by atoms with Gasteiger partial charge in [-0.1, -0.05) is 78.9 Å². The molecule has 2 aliphatic carbocycles. The van der Waals surface area contributed by atoms with E-state index in [9.17, 15) is 0 Å². The molecule has 9 rings (SSSR count). The van der Waals surface area contributed by atoms with Gasteiger partial charge in [-0.25, -0.2) is 0 Å². The van der Waals surface area contributed by atoms with Crippen LogP contribution in [0.1, 0.15) is 44.5 Å². The van der Waals surface area contributed by atoms with Crippen molar-refractivity contribution >= 4 is 17.1 Å². The third kappa shape index (κ3) is 2.24. The largest absolute Gasteiger partial charge is 0.309 e. The summed E-state index contributed by atoms with van der Waals surface area (Å²) in [6.45, 7) is 0. The summed E-state index contributed by atoms with van der Waals surface area (Å²) in [7, 11) is 0. The maximum Gasteiger partial charge on any atom is 0.0539 e. The summed E-state index contributed by atoms with van der Waals surface area (Å²) >= 11 is 0. The van der Waals surface area contributed by atoms with Crippen LogP contribution in [0, 0.1) is 0 Å². The zero-order valence-corrected chi connectivity index (χ0v) is 19.4. The zero-order valence-electron chi connectivity index (χ0n) is 19.4. The van der Waals surface area contributed by atoms with E-state index in [1.165, 1.54) is 83.8 Å². The van der Waals surface area contributed by atoms with Gasteiger partial charge in [-0.2, -0.15) is 0 Å². The van der Waals surface area contributed by atoms with E-state index in [0.29, 0.717) is 0 Å². The highest BCUT2D eigenvalue weighted by Gasteiger charge is 2.37. The van der Waals surface area contributed by atoms with Crippen molar-refractivity contribution in [3.05, 3.63) is 136 Å². The number of fused-ring (bicyclic) bond motifs is 12. The highest BCUT2D eigenvalue weighted by molar-refractivity contribution is 5.97. The van der Waals surface area contributed by atoms with E-state index < -0.39 is 0 Å². The van der Waals surface area contributed by atoms with E-state index in [0.717, 1.165) is 25.7 Å². The highest BCUT2D eigenvalue weighted by atomic mass is 15.2. The SMILES string of the molecule is c1ccc2c(c1)Cc1c-2ccc2c1Cc1cc3c(c4c1N2c1ccccc1C4)-c1ccccc1C3. The van der Waals surface area contributed by atoms with Gasteiger partial charge >= 0.3 is 0 Å². The van der Waals surface area contributed by atoms with Crippen LogP contribution in [0.15, 0.2) is 91.0 Å². The average molecular weight is 446 g/mol. The Kier molecular flexibility index (Phi) is 3.29. The first kappa shape index (κ1) is 18.3. The summed E-state index contributed by atoms with van der Waals surface area (Å²) in [5.74, 6) is 0. The second kappa shape index (κ2) is 6.31. The van der Waals surface area contributed by atoms with Crippen molar-refractivity contribution in [2.75, 3.05) is 4.90 Å². The van der Waals surface area contributed by atoms with E-state index in [1.54, 1.807) is 0 Å². The van der Waals surface area contributed by atoms with Crippen molar-refractivity contribution in [3.8, 4) is 22.3 Å². The van der Waals surface area contributed by atoms with Crippen molar-refractivity contribution < 1.29 is 0 Å². The third-order valence-electron chi connectivity index (χ3n) is 8.74. The molecule has 0 radical (unpaired) electrons. The molecule has 1 heteroatoms. The van der Waals surface area contributed by atoms with Crippen molar-refractivity contribution in [1.29, 1.82) is 0 Å². The Bertz CT molecular complexity index is 1760. The van der Waals surface area contributed by atoms with Crippen LogP contribution in [0.4, 0.5) is 17.1 Å². The van der Waals surface area contributed by atoms with E-state index >= 15 is 0 Å². The standard InChI is InChI=1S/C34H23N/c1-4-10-25-21(8-1)17-28-27(25)13-14-32-29(28)19-24-16-23-15-20-7-2-5-11-26(20)33(23)30-18-22-9-3-6-12-31(22)35(32)34(24)30/h1-14,16H,15,17-19H2. The van der Waals surface area contributed by atoms with Crippen LogP contribution >= 0.6 is 0 Å². The van der Waals surface area contributed by atoms with Gasteiger partial charge in [-0.3, -0.25) is 0 Å². The Balaban J connectivity index is 1.35. The maximum absolute atomic E-state index is 2.60. The zero-order chi connectivity index (χ0) is 22.7. The molecule has 5 aromatic carbocycles. The number of rotatable bonds is 0. The summed E-state index contributed by atoms with van der Waals surface area (Å²) in [6.07, 6.45) is 4.14. The summed E-state index contributed by atoms with van der Waals surface area (Å²) in [6, 6.07) is 34.3. The topological polar surface area (TPSA) is 3.24 Å². The first-order valence-electron chi connectivity index (χ1n) is 12.7. The van der Waals surface area contributed by atoms with Gasteiger partial charge in [0.05, 0.1) is 11.4 Å². The Morgan fingerprint density at radius 3 is 2.00 bits per heavy atom. The van der Waals surface area contributed by atoms with Gasteiger partial charge in [-0.15, -0.1) is 0 Å². The van der Waals surface area contributed by atoms with Gasteiger partial charge in [0.15, 0.2) is 0 Å². The molecule has 0 fully saturated rings. The minimum atomic E-state index is 1.01. The molecule has 0 saturated carbocycles. The molecule has 1 nitrogen and oxygen atoms in total. The number of hydrogen-bond donors (Lipinski definition) is 0. The van der Waals surface area contributed by atoms with Gasteiger partial charge in [0.1, 0.15) is 0 Å². The van der Waals surface area contributed by atoms with Gasteiger partial charge in [0, 0.05) is 18.5 Å². The van der Waals surface area contributed by atoms with Gasteiger partial charge in [-0.05, 0) is 91.7 Å². The Morgan fingerprint density at radius 2 is 1.11 bits per heavy atom. The summed E-state index contributed by atoms with van der Waals surface area (Å²) in [5, 5.41) is 0. The van der Waals surface area contributed by atoms with Crippen LogP contribution in [0.25, 0.3) is 22.3 Å². The van der Waals surface area contributed by atoms with Gasteiger partial charge in [0.25, 0.3) is 0 Å². The fourth-order valence-corrected chi connectivity index (χ4v) is 7.34. The highest BCUT2D eigenvalue weighted by Crippen LogP contribution is 2.56. The first-order valence-corrected chi connectivity index (χ1v) is 12.7. The second-order valence-corrected chi connectivity index (χ2v) is 10.5. The number of nitrogens with zero attached hydrogens (tertiary/aromatic N) is 1. The van der Waals surface area contributed by atoms with Crippen LogP contribution in [-0.4, -0.2) is 0 Å². The minimum Gasteiger partial charge on any atom is -0.309 e. The Morgan fingerprint density at radius 1 is 0.429 bits per heavy atom. The fraction of sp³-hybridized carbons (Fsp3) is 0.118. The molecule has 35 heavy (non-hydrogen) atoms. The van der Waals surface area contributed by atoms with E-state index in [4.69, 9.17) is 0 Å². The molecule has 2 aliphatic heterocycles. The second-order valence-electron chi connectivity index (χ2n) is 10.5. The monoisotopic (exact) mass is 445 g/mol. The molecule has 0 amide bonds. The molecule has 4 aliphatic rings. The fourth-order valence-electron chi connectivity index (χ4n) is 7.34. The lowest BCUT2D eigenvalue weighted by atomic mass is 9.80. The lowest BCUT2D eigenvalue weighted by molar-refractivity contribution is 0.993. The molecule has 0 atom stereocenters. The predicted octanol–water partition coefficient (Wildman–Crippen LogP) is 8.11. The number of hydrogen-bond acceptors (Lipinski definition) is 1. The van der Waals surface area contributed by atoms with E-state index in [-0.39, 0.29) is 0 Å². The first-order chi connectivity index (χ1) is 17.3. The summed E-state index contributed by atoms with van der Waals surface area (Å²) < 4.78 is 0. The molecular formula is C34H23N.